The standard InChI is InChI=1S/C30H32F3N5OS3.C2H6/c1-4-19(17-35-42-28-8-7-26(41-28)25-16-27(30(31,32)33)37(3)36-25)20-10-12-38(29(39)40)22(14-20)15-21-9-11-34-24-6-5-18(2)13-23(21)24;1-2/h4-9,11,13,16,19-20,22,35H,1,10,12,14-15,17H2,2-3H3,(H,39,40);1-2H3. The van der Waals surface area contributed by atoms with Gasteiger partial charge in [0.15, 0.2) is 0 Å². The Morgan fingerprint density at radius 2 is 2.02 bits per heavy atom. The monoisotopic (exact) mass is 661 g/mol. The van der Waals surface area contributed by atoms with Gasteiger partial charge in [0.2, 0.25) is 0 Å². The van der Waals surface area contributed by atoms with Crippen molar-refractivity contribution in [3.05, 3.63) is 78.1 Å². The number of aromatic nitrogens is 3. The molecule has 0 bridgehead atoms. The first-order valence-corrected chi connectivity index (χ1v) is 16.7. The summed E-state index contributed by atoms with van der Waals surface area (Å²) in [5, 5.41) is 4.95. The number of halogens is 3. The Morgan fingerprint density at radius 3 is 2.70 bits per heavy atom. The number of nitrogens with one attached hydrogen (secondary N) is 1. The Hall–Kier alpha value is -2.80. The van der Waals surface area contributed by atoms with E-state index in [1.807, 2.05) is 49.2 Å². The second-order valence-electron chi connectivity index (χ2n) is 10.6. The van der Waals surface area contributed by atoms with Crippen LogP contribution in [-0.2, 0) is 19.6 Å². The lowest BCUT2D eigenvalue weighted by Gasteiger charge is -2.41. The van der Waals surface area contributed by atoms with E-state index in [2.05, 4.69) is 53.1 Å². The zero-order valence-corrected chi connectivity index (χ0v) is 27.8. The molecule has 1 aliphatic heterocycles. The molecule has 1 N–H and O–H groups in total. The highest BCUT2D eigenvalue weighted by atomic mass is 32.2. The number of pyridine rings is 1. The number of thiol groups is 1. The van der Waals surface area contributed by atoms with E-state index < -0.39 is 11.9 Å². The topological polar surface area (TPSA) is 63.1 Å². The van der Waals surface area contributed by atoms with Crippen molar-refractivity contribution < 1.29 is 18.0 Å². The van der Waals surface area contributed by atoms with Crippen molar-refractivity contribution in [1.29, 1.82) is 0 Å². The molecule has 1 aliphatic rings. The van der Waals surface area contributed by atoms with Crippen molar-refractivity contribution >= 4 is 52.1 Å². The molecule has 6 nitrogen and oxygen atoms in total. The number of nitrogens with zero attached hydrogens (tertiary/aromatic N) is 4. The minimum absolute atomic E-state index is 0.00906. The normalized spacial score (nSPS) is 17.7. The lowest BCUT2D eigenvalue weighted by Crippen LogP contribution is -2.47. The van der Waals surface area contributed by atoms with Gasteiger partial charge in [0.25, 0.3) is 5.24 Å². The molecule has 1 aromatic carbocycles. The molecule has 0 aliphatic carbocycles. The van der Waals surface area contributed by atoms with Gasteiger partial charge in [-0.05, 0) is 91.9 Å². The number of rotatable bonds is 9. The van der Waals surface area contributed by atoms with Crippen LogP contribution >= 0.6 is 35.9 Å². The molecule has 3 unspecified atom stereocenters. The first kappa shape index (κ1) is 34.1. The van der Waals surface area contributed by atoms with E-state index in [0.717, 1.165) is 45.1 Å². The van der Waals surface area contributed by atoms with Crippen molar-refractivity contribution in [2.24, 2.45) is 18.9 Å². The van der Waals surface area contributed by atoms with E-state index in [9.17, 15) is 18.0 Å². The van der Waals surface area contributed by atoms with Crippen LogP contribution in [-0.4, -0.2) is 44.0 Å². The summed E-state index contributed by atoms with van der Waals surface area (Å²) in [7, 11) is 1.30. The fourth-order valence-corrected chi connectivity index (χ4v) is 7.81. The van der Waals surface area contributed by atoms with Crippen molar-refractivity contribution in [2.45, 2.75) is 56.5 Å². The van der Waals surface area contributed by atoms with Gasteiger partial charge in [0, 0.05) is 37.8 Å². The molecule has 0 spiro atoms. The van der Waals surface area contributed by atoms with Crippen molar-refractivity contribution in [3.8, 4) is 10.6 Å². The SMILES string of the molecule is C=CC(CNSc1ccc(-c2cc(C(F)(F)F)n(C)n2)s1)C1CCN(C(=O)S)C(Cc2ccnc3ccc(C)cc23)C1.CC. The summed E-state index contributed by atoms with van der Waals surface area (Å²) in [6.07, 6.45) is 1.76. The number of carbonyl (C=O) groups is 1. The number of amides is 1. The maximum Gasteiger partial charge on any atom is 0.433 e. The molecule has 1 amide bonds. The van der Waals surface area contributed by atoms with Crippen LogP contribution in [0.1, 0.15) is 43.5 Å². The van der Waals surface area contributed by atoms with Crippen LogP contribution in [0.25, 0.3) is 21.5 Å². The Balaban J connectivity index is 0.00000216. The van der Waals surface area contributed by atoms with Crippen LogP contribution in [0.15, 0.2) is 65.5 Å². The first-order chi connectivity index (χ1) is 21.0. The third kappa shape index (κ3) is 8.07. The Kier molecular flexibility index (Phi) is 11.6. The van der Waals surface area contributed by atoms with Crippen molar-refractivity contribution in [2.75, 3.05) is 13.1 Å². The van der Waals surface area contributed by atoms with Crippen molar-refractivity contribution in [3.63, 3.8) is 0 Å². The Morgan fingerprint density at radius 1 is 1.25 bits per heavy atom. The van der Waals surface area contributed by atoms with E-state index in [0.29, 0.717) is 29.6 Å². The number of thiophene rings is 1. The molecule has 44 heavy (non-hydrogen) atoms. The summed E-state index contributed by atoms with van der Waals surface area (Å²) in [6, 6.07) is 13.0. The zero-order valence-electron chi connectivity index (χ0n) is 25.3. The predicted octanol–water partition coefficient (Wildman–Crippen LogP) is 8.82. The summed E-state index contributed by atoms with van der Waals surface area (Å²) in [4.78, 5) is 19.5. The van der Waals surface area contributed by atoms with Crippen LogP contribution in [0, 0.1) is 18.8 Å². The van der Waals surface area contributed by atoms with Gasteiger partial charge in [-0.1, -0.05) is 44.2 Å². The number of aryl methyl sites for hydroxylation is 2. The largest absolute Gasteiger partial charge is 0.433 e. The van der Waals surface area contributed by atoms with Crippen LogP contribution in [0.3, 0.4) is 0 Å². The summed E-state index contributed by atoms with van der Waals surface area (Å²) < 4.78 is 44.8. The van der Waals surface area contributed by atoms with Gasteiger partial charge >= 0.3 is 6.18 Å². The van der Waals surface area contributed by atoms with Gasteiger partial charge in [-0.25, -0.2) is 0 Å². The molecule has 1 saturated heterocycles. The first-order valence-electron chi connectivity index (χ1n) is 14.6. The van der Waals surface area contributed by atoms with Gasteiger partial charge in [0.1, 0.15) is 11.4 Å². The van der Waals surface area contributed by atoms with E-state index >= 15 is 0 Å². The lowest BCUT2D eigenvalue weighted by atomic mass is 9.79. The highest BCUT2D eigenvalue weighted by Crippen LogP contribution is 2.37. The van der Waals surface area contributed by atoms with E-state index in [1.54, 1.807) is 6.07 Å². The smallest absolute Gasteiger partial charge is 0.330 e. The number of alkyl halides is 3. The van der Waals surface area contributed by atoms with E-state index in [1.165, 1.54) is 41.5 Å². The highest BCUT2D eigenvalue weighted by Gasteiger charge is 2.36. The van der Waals surface area contributed by atoms with E-state index in [-0.39, 0.29) is 17.2 Å². The molecule has 4 aromatic rings. The molecule has 0 saturated carbocycles. The lowest BCUT2D eigenvalue weighted by molar-refractivity contribution is -0.143. The highest BCUT2D eigenvalue weighted by molar-refractivity contribution is 7.99. The quantitative estimate of drug-likeness (QED) is 0.107. The van der Waals surface area contributed by atoms with Crippen LogP contribution < -0.4 is 4.72 Å². The minimum Gasteiger partial charge on any atom is -0.330 e. The number of likely N-dealkylation sites (tertiary alicyclic amines) is 1. The number of carbonyl (C=O) groups excluding carboxylic acids is 1. The second-order valence-corrected chi connectivity index (χ2v) is 13.3. The van der Waals surface area contributed by atoms with Crippen LogP contribution in [0.4, 0.5) is 18.0 Å². The fraction of sp³-hybridized carbons (Fsp3) is 0.406. The molecular weight excluding hydrogens is 624 g/mol. The molecule has 5 rings (SSSR count). The second kappa shape index (κ2) is 15.0. The number of hydrogen-bond donors (Lipinski definition) is 2. The van der Waals surface area contributed by atoms with Crippen LogP contribution in [0.2, 0.25) is 0 Å². The number of piperidine rings is 1. The zero-order chi connectivity index (χ0) is 32.0. The van der Waals surface area contributed by atoms with Gasteiger partial charge in [-0.3, -0.25) is 19.2 Å². The fourth-order valence-electron chi connectivity index (χ4n) is 5.68. The Labute approximate surface area is 270 Å². The summed E-state index contributed by atoms with van der Waals surface area (Å²) >= 11 is 7.03. The Bertz CT molecular complexity index is 1580. The van der Waals surface area contributed by atoms with Gasteiger partial charge in [0.05, 0.1) is 14.6 Å². The third-order valence-electron chi connectivity index (χ3n) is 7.85. The van der Waals surface area contributed by atoms with Gasteiger partial charge in [-0.2, -0.15) is 18.3 Å². The van der Waals surface area contributed by atoms with Crippen LogP contribution in [0.5, 0.6) is 0 Å². The van der Waals surface area contributed by atoms with Gasteiger partial charge in [-0.15, -0.1) is 17.9 Å². The molecule has 12 heteroatoms. The number of hydrogen-bond acceptors (Lipinski definition) is 6. The van der Waals surface area contributed by atoms with Crippen molar-refractivity contribution in [1.82, 2.24) is 24.4 Å². The minimum atomic E-state index is -4.45. The average Bonchev–Trinajstić information content (AvgIpc) is 3.63. The molecule has 3 atom stereocenters. The van der Waals surface area contributed by atoms with Gasteiger partial charge < -0.3 is 4.90 Å². The maximum atomic E-state index is 13.2. The summed E-state index contributed by atoms with van der Waals surface area (Å²) in [5.74, 6) is 0.505. The molecule has 236 valence electrons. The maximum absolute atomic E-state index is 13.2. The summed E-state index contributed by atoms with van der Waals surface area (Å²) in [6.45, 7) is 11.5. The predicted molar refractivity (Wildman–Crippen MR) is 178 cm³/mol. The number of fused-ring (bicyclic) bond motifs is 1. The van der Waals surface area contributed by atoms with E-state index in [4.69, 9.17) is 0 Å². The average molecular weight is 662 g/mol. The third-order valence-corrected chi connectivity index (χ3v) is 10.2. The molecule has 3 aromatic heterocycles. The molecule has 0 radical (unpaired) electrons. The molecule has 1 fully saturated rings. The number of benzene rings is 1. The summed E-state index contributed by atoms with van der Waals surface area (Å²) in [5.41, 5.74) is 2.81. The molecular formula is C32H38F3N5OS3. The molecule has 4 heterocycles.